The number of hydrogen-bond donors (Lipinski definition) is 1. The second kappa shape index (κ2) is 3.99. The highest BCUT2D eigenvalue weighted by Gasteiger charge is 2.33. The van der Waals surface area contributed by atoms with Crippen LogP contribution >= 0.6 is 11.3 Å². The third kappa shape index (κ3) is 1.98. The Bertz CT molecular complexity index is 302. The molecule has 1 N–H and O–H groups in total. The molecule has 0 radical (unpaired) electrons. The summed E-state index contributed by atoms with van der Waals surface area (Å²) < 4.78 is 0. The van der Waals surface area contributed by atoms with E-state index in [0.29, 0.717) is 12.0 Å². The van der Waals surface area contributed by atoms with Crippen LogP contribution < -0.4 is 5.32 Å². The Balaban J connectivity index is 2.13. The molecule has 78 valence electrons. The number of nitrogens with one attached hydrogen (secondary N) is 1. The van der Waals surface area contributed by atoms with Gasteiger partial charge in [0.15, 0.2) is 0 Å². The van der Waals surface area contributed by atoms with E-state index in [1.54, 1.807) is 11.3 Å². The summed E-state index contributed by atoms with van der Waals surface area (Å²) in [6, 6.07) is 0.507. The van der Waals surface area contributed by atoms with Crippen molar-refractivity contribution in [3.05, 3.63) is 16.1 Å². The molecule has 0 saturated heterocycles. The van der Waals surface area contributed by atoms with Gasteiger partial charge in [-0.05, 0) is 31.7 Å². The topological polar surface area (TPSA) is 24.9 Å². The van der Waals surface area contributed by atoms with E-state index < -0.39 is 0 Å². The Morgan fingerprint density at radius 2 is 2.21 bits per heavy atom. The summed E-state index contributed by atoms with van der Waals surface area (Å²) in [7, 11) is 2.04. The molecule has 1 aliphatic carbocycles. The Morgan fingerprint density at radius 3 is 2.64 bits per heavy atom. The zero-order valence-corrected chi connectivity index (χ0v) is 9.90. The predicted molar refractivity (Wildman–Crippen MR) is 60.7 cm³/mol. The Morgan fingerprint density at radius 1 is 1.50 bits per heavy atom. The van der Waals surface area contributed by atoms with Gasteiger partial charge in [0.25, 0.3) is 0 Å². The summed E-state index contributed by atoms with van der Waals surface area (Å²) >= 11 is 1.81. The van der Waals surface area contributed by atoms with E-state index in [1.807, 2.05) is 7.05 Å². The van der Waals surface area contributed by atoms with Gasteiger partial charge in [-0.2, -0.15) is 0 Å². The van der Waals surface area contributed by atoms with Gasteiger partial charge in [-0.3, -0.25) is 0 Å². The van der Waals surface area contributed by atoms with E-state index in [0.717, 1.165) is 5.92 Å². The fraction of sp³-hybridized carbons (Fsp3) is 0.727. The van der Waals surface area contributed by atoms with Crippen LogP contribution in [0, 0.1) is 5.92 Å². The van der Waals surface area contributed by atoms with Crippen molar-refractivity contribution < 1.29 is 0 Å². The Hall–Kier alpha value is -0.410. The fourth-order valence-corrected chi connectivity index (χ4v) is 2.88. The summed E-state index contributed by atoms with van der Waals surface area (Å²) in [5.41, 5.74) is 1.24. The summed E-state index contributed by atoms with van der Waals surface area (Å²) in [5, 5.41) is 6.86. The first-order valence-corrected chi connectivity index (χ1v) is 6.23. The first kappa shape index (κ1) is 10.1. The molecule has 0 bridgehead atoms. The summed E-state index contributed by atoms with van der Waals surface area (Å²) in [6.07, 6.45) is 2.73. The Kier molecular flexibility index (Phi) is 2.88. The Labute approximate surface area is 89.8 Å². The maximum absolute atomic E-state index is 4.70. The number of thiazole rings is 1. The average Bonchev–Trinajstić information content (AvgIpc) is 2.84. The van der Waals surface area contributed by atoms with Crippen molar-refractivity contribution in [3.8, 4) is 0 Å². The first-order chi connectivity index (χ1) is 6.72. The molecule has 3 heteroatoms. The second-order valence-electron chi connectivity index (χ2n) is 4.37. The lowest BCUT2D eigenvalue weighted by atomic mass is 10.1. The van der Waals surface area contributed by atoms with Crippen LogP contribution in [0.5, 0.6) is 0 Å². The molecule has 1 unspecified atom stereocenters. The largest absolute Gasteiger partial charge is 0.311 e. The molecule has 1 fully saturated rings. The van der Waals surface area contributed by atoms with Gasteiger partial charge in [0.2, 0.25) is 0 Å². The fourth-order valence-electron chi connectivity index (χ4n) is 1.70. The molecule has 1 aromatic rings. The molecule has 1 aliphatic rings. The molecular formula is C11H18N2S. The van der Waals surface area contributed by atoms with E-state index >= 15 is 0 Å². The van der Waals surface area contributed by atoms with Gasteiger partial charge < -0.3 is 5.32 Å². The van der Waals surface area contributed by atoms with Gasteiger partial charge in [-0.15, -0.1) is 11.3 Å². The maximum Gasteiger partial charge on any atom is 0.110 e. The monoisotopic (exact) mass is 210 g/mol. The summed E-state index contributed by atoms with van der Waals surface area (Å²) in [4.78, 5) is 4.70. The molecule has 2 nitrogen and oxygen atoms in total. The molecule has 1 aromatic heterocycles. The van der Waals surface area contributed by atoms with E-state index in [-0.39, 0.29) is 0 Å². The smallest absolute Gasteiger partial charge is 0.110 e. The summed E-state index contributed by atoms with van der Waals surface area (Å²) in [5.74, 6) is 1.39. The lowest BCUT2D eigenvalue weighted by molar-refractivity contribution is 0.524. The molecular weight excluding hydrogens is 192 g/mol. The van der Waals surface area contributed by atoms with Crippen LogP contribution in [0.2, 0.25) is 0 Å². The van der Waals surface area contributed by atoms with Crippen LogP contribution in [0.3, 0.4) is 0 Å². The second-order valence-corrected chi connectivity index (χ2v) is 5.26. The first-order valence-electron chi connectivity index (χ1n) is 5.35. The van der Waals surface area contributed by atoms with Gasteiger partial charge in [0.1, 0.15) is 5.01 Å². The third-order valence-corrected chi connectivity index (χ3v) is 3.75. The standard InChI is InChI=1S/C11H18N2S/c1-7(2)9-6-14-11(13-9)10(12-3)8-4-5-8/h6-8,10,12H,4-5H2,1-3H3. The zero-order valence-electron chi connectivity index (χ0n) is 9.08. The van der Waals surface area contributed by atoms with E-state index in [4.69, 9.17) is 4.98 Å². The highest BCUT2D eigenvalue weighted by atomic mass is 32.1. The normalized spacial score (nSPS) is 18.9. The van der Waals surface area contributed by atoms with Crippen molar-refractivity contribution in [1.82, 2.24) is 10.3 Å². The van der Waals surface area contributed by atoms with Crippen molar-refractivity contribution in [2.24, 2.45) is 5.92 Å². The molecule has 1 saturated carbocycles. The van der Waals surface area contributed by atoms with Crippen LogP contribution in [-0.4, -0.2) is 12.0 Å². The third-order valence-electron chi connectivity index (χ3n) is 2.80. The number of hydrogen-bond acceptors (Lipinski definition) is 3. The minimum absolute atomic E-state index is 0.507. The number of rotatable bonds is 4. The van der Waals surface area contributed by atoms with Crippen LogP contribution in [0.4, 0.5) is 0 Å². The molecule has 0 aromatic carbocycles. The van der Waals surface area contributed by atoms with E-state index in [1.165, 1.54) is 23.5 Å². The van der Waals surface area contributed by atoms with Gasteiger partial charge in [-0.1, -0.05) is 13.8 Å². The van der Waals surface area contributed by atoms with Crippen LogP contribution in [-0.2, 0) is 0 Å². The number of nitrogens with zero attached hydrogens (tertiary/aromatic N) is 1. The molecule has 0 aliphatic heterocycles. The predicted octanol–water partition coefficient (Wildman–Crippen LogP) is 2.94. The molecule has 14 heavy (non-hydrogen) atoms. The maximum atomic E-state index is 4.70. The van der Waals surface area contributed by atoms with Crippen LogP contribution in [0.25, 0.3) is 0 Å². The zero-order chi connectivity index (χ0) is 10.1. The summed E-state index contributed by atoms with van der Waals surface area (Å²) in [6.45, 7) is 4.40. The van der Waals surface area contributed by atoms with Crippen LogP contribution in [0.1, 0.15) is 49.4 Å². The van der Waals surface area contributed by atoms with Crippen molar-refractivity contribution in [1.29, 1.82) is 0 Å². The van der Waals surface area contributed by atoms with Gasteiger partial charge in [-0.25, -0.2) is 4.98 Å². The average molecular weight is 210 g/mol. The highest BCUT2D eigenvalue weighted by Crippen LogP contribution is 2.41. The van der Waals surface area contributed by atoms with Gasteiger partial charge in [0.05, 0.1) is 11.7 Å². The van der Waals surface area contributed by atoms with Gasteiger partial charge >= 0.3 is 0 Å². The molecule has 1 heterocycles. The number of aromatic nitrogens is 1. The lowest BCUT2D eigenvalue weighted by Gasteiger charge is -2.11. The van der Waals surface area contributed by atoms with Crippen molar-refractivity contribution in [3.63, 3.8) is 0 Å². The van der Waals surface area contributed by atoms with Crippen molar-refractivity contribution >= 4 is 11.3 Å². The lowest BCUT2D eigenvalue weighted by Crippen LogP contribution is -2.18. The van der Waals surface area contributed by atoms with Crippen molar-refractivity contribution in [2.45, 2.75) is 38.6 Å². The molecule has 0 amide bonds. The van der Waals surface area contributed by atoms with Crippen molar-refractivity contribution in [2.75, 3.05) is 7.05 Å². The minimum Gasteiger partial charge on any atom is -0.311 e. The van der Waals surface area contributed by atoms with E-state index in [2.05, 4.69) is 24.5 Å². The molecule has 1 atom stereocenters. The van der Waals surface area contributed by atoms with E-state index in [9.17, 15) is 0 Å². The minimum atomic E-state index is 0.507. The SMILES string of the molecule is CNC(c1nc(C(C)C)cs1)C1CC1. The van der Waals surface area contributed by atoms with Crippen LogP contribution in [0.15, 0.2) is 5.38 Å². The highest BCUT2D eigenvalue weighted by molar-refractivity contribution is 7.09. The quantitative estimate of drug-likeness (QED) is 0.826. The van der Waals surface area contributed by atoms with Gasteiger partial charge in [0, 0.05) is 5.38 Å². The molecule has 0 spiro atoms. The molecule has 2 rings (SSSR count).